The number of benzene rings is 3. The van der Waals surface area contributed by atoms with Gasteiger partial charge >= 0.3 is 0 Å². The Morgan fingerprint density at radius 2 is 1.64 bits per heavy atom. The molecule has 6 nitrogen and oxygen atoms in total. The van der Waals surface area contributed by atoms with E-state index in [1.165, 1.54) is 0 Å². The molecule has 3 aromatic rings. The zero-order chi connectivity index (χ0) is 23.6. The largest absolute Gasteiger partial charge is 0.491 e. The highest BCUT2D eigenvalue weighted by atomic mass is 16.5. The van der Waals surface area contributed by atoms with Gasteiger partial charge in [-0.15, -0.1) is 0 Å². The Morgan fingerprint density at radius 3 is 2.36 bits per heavy atom. The fraction of sp³-hybridized carbons (Fsp3) is 0.259. The van der Waals surface area contributed by atoms with Gasteiger partial charge < -0.3 is 20.3 Å². The predicted molar refractivity (Wildman–Crippen MR) is 134 cm³/mol. The quantitative estimate of drug-likeness (QED) is 0.427. The molecular formula is C27H31N3O3. The average Bonchev–Trinajstić information content (AvgIpc) is 2.84. The number of amides is 2. The zero-order valence-corrected chi connectivity index (χ0v) is 19.4. The van der Waals surface area contributed by atoms with Crippen molar-refractivity contribution in [1.82, 2.24) is 0 Å². The molecule has 3 rings (SSSR count). The van der Waals surface area contributed by atoms with Crippen LogP contribution in [0.4, 0.5) is 17.1 Å². The maximum atomic E-state index is 13.0. The summed E-state index contributed by atoms with van der Waals surface area (Å²) in [4.78, 5) is 27.2. The second kappa shape index (κ2) is 11.7. The van der Waals surface area contributed by atoms with E-state index in [1.807, 2.05) is 68.4 Å². The third-order valence-electron chi connectivity index (χ3n) is 5.22. The smallest absolute Gasteiger partial charge is 0.258 e. The van der Waals surface area contributed by atoms with Crippen molar-refractivity contribution >= 4 is 28.9 Å². The first-order chi connectivity index (χ1) is 16.0. The molecule has 0 saturated heterocycles. The highest BCUT2D eigenvalue weighted by Gasteiger charge is 2.16. The van der Waals surface area contributed by atoms with Gasteiger partial charge in [0.15, 0.2) is 0 Å². The second-order valence-electron chi connectivity index (χ2n) is 7.73. The number of nitrogens with zero attached hydrogens (tertiary/aromatic N) is 1. The van der Waals surface area contributed by atoms with Crippen molar-refractivity contribution in [2.45, 2.75) is 33.3 Å². The average molecular weight is 446 g/mol. The van der Waals surface area contributed by atoms with Crippen LogP contribution in [0.3, 0.4) is 0 Å². The Morgan fingerprint density at radius 1 is 0.909 bits per heavy atom. The summed E-state index contributed by atoms with van der Waals surface area (Å²) in [6.07, 6.45) is 1.05. The number of rotatable bonds is 10. The van der Waals surface area contributed by atoms with Gasteiger partial charge in [-0.05, 0) is 62.7 Å². The fourth-order valence-electron chi connectivity index (χ4n) is 3.32. The molecule has 0 aliphatic carbocycles. The van der Waals surface area contributed by atoms with E-state index >= 15 is 0 Å². The first kappa shape index (κ1) is 23.9. The van der Waals surface area contributed by atoms with Gasteiger partial charge in [0.05, 0.1) is 12.6 Å². The van der Waals surface area contributed by atoms with Crippen molar-refractivity contribution in [1.29, 1.82) is 0 Å². The monoisotopic (exact) mass is 445 g/mol. The number of hydrogen-bond donors (Lipinski definition) is 2. The molecule has 172 valence electrons. The molecule has 2 N–H and O–H groups in total. The highest BCUT2D eigenvalue weighted by molar-refractivity contribution is 6.07. The fourth-order valence-corrected chi connectivity index (χ4v) is 3.32. The molecule has 3 aromatic carbocycles. The van der Waals surface area contributed by atoms with Crippen molar-refractivity contribution in [3.8, 4) is 5.75 Å². The molecule has 0 spiro atoms. The minimum Gasteiger partial charge on any atom is -0.491 e. The molecule has 33 heavy (non-hydrogen) atoms. The van der Waals surface area contributed by atoms with E-state index < -0.39 is 0 Å². The van der Waals surface area contributed by atoms with Crippen LogP contribution < -0.4 is 20.3 Å². The molecule has 0 aliphatic heterocycles. The SMILES string of the molecule is CCC(C)Oc1cccc(NCC(=O)Nc2cccc(C(=O)N(CC)c3ccccc3)c2)c1. The van der Waals surface area contributed by atoms with Crippen LogP contribution in [0.25, 0.3) is 0 Å². The van der Waals surface area contributed by atoms with Crippen LogP contribution in [-0.4, -0.2) is 31.0 Å². The molecule has 6 heteroatoms. The summed E-state index contributed by atoms with van der Waals surface area (Å²) in [5, 5.41) is 5.97. The number of hydrogen-bond acceptors (Lipinski definition) is 4. The minimum absolute atomic E-state index is 0.0933. The first-order valence-corrected chi connectivity index (χ1v) is 11.3. The van der Waals surface area contributed by atoms with E-state index in [0.29, 0.717) is 17.8 Å². The van der Waals surface area contributed by atoms with Crippen LogP contribution in [0.5, 0.6) is 5.75 Å². The lowest BCUT2D eigenvalue weighted by molar-refractivity contribution is -0.114. The Bertz CT molecular complexity index is 1070. The molecule has 1 atom stereocenters. The van der Waals surface area contributed by atoms with Gasteiger partial charge in [-0.3, -0.25) is 9.59 Å². The molecule has 0 bridgehead atoms. The van der Waals surface area contributed by atoms with E-state index in [0.717, 1.165) is 23.5 Å². The Kier molecular flexibility index (Phi) is 8.47. The molecule has 0 saturated carbocycles. The lowest BCUT2D eigenvalue weighted by Crippen LogP contribution is -2.30. The lowest BCUT2D eigenvalue weighted by atomic mass is 10.1. The van der Waals surface area contributed by atoms with E-state index in [2.05, 4.69) is 17.6 Å². The van der Waals surface area contributed by atoms with Crippen molar-refractivity contribution in [3.05, 3.63) is 84.4 Å². The van der Waals surface area contributed by atoms with Crippen LogP contribution in [0, 0.1) is 0 Å². The third-order valence-corrected chi connectivity index (χ3v) is 5.22. The normalized spacial score (nSPS) is 11.4. The lowest BCUT2D eigenvalue weighted by Gasteiger charge is -2.21. The molecule has 0 fully saturated rings. The van der Waals surface area contributed by atoms with Crippen molar-refractivity contribution < 1.29 is 14.3 Å². The van der Waals surface area contributed by atoms with Gasteiger partial charge in [-0.1, -0.05) is 37.3 Å². The van der Waals surface area contributed by atoms with Gasteiger partial charge in [0.25, 0.3) is 5.91 Å². The number of para-hydroxylation sites is 1. The van der Waals surface area contributed by atoms with Gasteiger partial charge in [0.2, 0.25) is 5.91 Å². The summed E-state index contributed by atoms with van der Waals surface area (Å²) >= 11 is 0. The molecular weight excluding hydrogens is 414 g/mol. The Balaban J connectivity index is 1.60. The van der Waals surface area contributed by atoms with Gasteiger partial charge in [0.1, 0.15) is 5.75 Å². The first-order valence-electron chi connectivity index (χ1n) is 11.3. The summed E-state index contributed by atoms with van der Waals surface area (Å²) in [5.41, 5.74) is 2.73. The maximum absolute atomic E-state index is 13.0. The summed E-state index contributed by atoms with van der Waals surface area (Å²) in [6.45, 7) is 6.66. The molecule has 0 radical (unpaired) electrons. The van der Waals surface area contributed by atoms with E-state index in [1.54, 1.807) is 29.2 Å². The summed E-state index contributed by atoms with van der Waals surface area (Å²) in [5.74, 6) is 0.444. The molecule has 1 unspecified atom stereocenters. The summed E-state index contributed by atoms with van der Waals surface area (Å²) in [7, 11) is 0. The molecule has 2 amide bonds. The summed E-state index contributed by atoms with van der Waals surface area (Å²) < 4.78 is 5.83. The molecule has 0 heterocycles. The maximum Gasteiger partial charge on any atom is 0.258 e. The highest BCUT2D eigenvalue weighted by Crippen LogP contribution is 2.20. The standard InChI is InChI=1S/C27H31N3O3/c1-4-20(3)33-25-16-10-12-22(18-25)28-19-26(31)29-23-13-9-11-21(17-23)27(32)30(5-2)24-14-7-6-8-15-24/h6-18,20,28H,4-5,19H2,1-3H3,(H,29,31). The van der Waals surface area contributed by atoms with Crippen molar-refractivity contribution in [3.63, 3.8) is 0 Å². The van der Waals surface area contributed by atoms with Crippen LogP contribution in [-0.2, 0) is 4.79 Å². The second-order valence-corrected chi connectivity index (χ2v) is 7.73. The topological polar surface area (TPSA) is 70.7 Å². The molecule has 0 aliphatic rings. The third kappa shape index (κ3) is 6.84. The predicted octanol–water partition coefficient (Wildman–Crippen LogP) is 5.58. The van der Waals surface area contributed by atoms with E-state index in [9.17, 15) is 9.59 Å². The number of ether oxygens (including phenoxy) is 1. The number of carbonyl (C=O) groups excluding carboxylic acids is 2. The zero-order valence-electron chi connectivity index (χ0n) is 19.4. The van der Waals surface area contributed by atoms with Crippen molar-refractivity contribution in [2.75, 3.05) is 28.6 Å². The number of nitrogens with one attached hydrogen (secondary N) is 2. The Hall–Kier alpha value is -3.80. The van der Waals surface area contributed by atoms with Crippen LogP contribution in [0.1, 0.15) is 37.6 Å². The Labute approximate surface area is 195 Å². The van der Waals surface area contributed by atoms with Crippen LogP contribution in [0.2, 0.25) is 0 Å². The van der Waals surface area contributed by atoms with Gasteiger partial charge in [-0.25, -0.2) is 0 Å². The number of carbonyl (C=O) groups is 2. The van der Waals surface area contributed by atoms with E-state index in [-0.39, 0.29) is 24.5 Å². The van der Waals surface area contributed by atoms with Crippen molar-refractivity contribution in [2.24, 2.45) is 0 Å². The summed E-state index contributed by atoms with van der Waals surface area (Å²) in [6, 6.07) is 24.1. The molecule has 0 aromatic heterocycles. The van der Waals surface area contributed by atoms with Crippen LogP contribution in [0.15, 0.2) is 78.9 Å². The van der Waals surface area contributed by atoms with Crippen LogP contribution >= 0.6 is 0 Å². The van der Waals surface area contributed by atoms with Gasteiger partial charge in [0, 0.05) is 35.2 Å². The van der Waals surface area contributed by atoms with E-state index in [4.69, 9.17) is 4.74 Å². The van der Waals surface area contributed by atoms with Gasteiger partial charge in [-0.2, -0.15) is 0 Å². The number of anilines is 3. The minimum atomic E-state index is -0.205.